The van der Waals surface area contributed by atoms with Gasteiger partial charge in [-0.25, -0.2) is 0 Å². The van der Waals surface area contributed by atoms with Crippen LogP contribution in [0.15, 0.2) is 18.2 Å². The number of hydrogen-bond acceptors (Lipinski definition) is 5. The third-order valence-electron chi connectivity index (χ3n) is 5.58. The van der Waals surface area contributed by atoms with E-state index in [1.165, 1.54) is 24.8 Å². The van der Waals surface area contributed by atoms with Gasteiger partial charge in [0.1, 0.15) is 0 Å². The number of benzene rings is 1. The van der Waals surface area contributed by atoms with Gasteiger partial charge in [0.25, 0.3) is 0 Å². The SMILES string of the molecule is CCOc1ccc(CCOC2CCCC[C@H]2N2CC[C@@H](O)C2)cc1OC. The van der Waals surface area contributed by atoms with Crippen LogP contribution in [-0.2, 0) is 11.2 Å². The van der Waals surface area contributed by atoms with E-state index in [1.807, 2.05) is 19.1 Å². The molecular formula is C21H33NO4. The molecular weight excluding hydrogens is 330 g/mol. The second-order valence-corrected chi connectivity index (χ2v) is 7.37. The van der Waals surface area contributed by atoms with E-state index in [4.69, 9.17) is 14.2 Å². The quantitative estimate of drug-likeness (QED) is 0.769. The Kier molecular flexibility index (Phi) is 7.17. The van der Waals surface area contributed by atoms with Crippen LogP contribution in [-0.4, -0.2) is 61.7 Å². The fourth-order valence-electron chi connectivity index (χ4n) is 4.23. The van der Waals surface area contributed by atoms with Gasteiger partial charge in [-0.3, -0.25) is 4.90 Å². The van der Waals surface area contributed by atoms with Crippen molar-refractivity contribution in [1.29, 1.82) is 0 Å². The molecule has 1 aliphatic heterocycles. The first-order valence-corrected chi connectivity index (χ1v) is 10.0. The summed E-state index contributed by atoms with van der Waals surface area (Å²) in [4.78, 5) is 2.44. The molecule has 1 aromatic carbocycles. The molecule has 0 radical (unpaired) electrons. The number of β-amino-alcohol motifs (C(OH)–C–C–N with tert-alkyl or cyclic N) is 1. The largest absolute Gasteiger partial charge is 0.493 e. The molecule has 1 unspecified atom stereocenters. The van der Waals surface area contributed by atoms with E-state index in [9.17, 15) is 5.11 Å². The topological polar surface area (TPSA) is 51.2 Å². The van der Waals surface area contributed by atoms with Gasteiger partial charge < -0.3 is 19.3 Å². The molecule has 1 aliphatic carbocycles. The fraction of sp³-hybridized carbons (Fsp3) is 0.714. The number of aliphatic hydroxyl groups excluding tert-OH is 1. The molecule has 1 saturated heterocycles. The molecule has 146 valence electrons. The Morgan fingerprint density at radius 3 is 2.73 bits per heavy atom. The summed E-state index contributed by atoms with van der Waals surface area (Å²) >= 11 is 0. The standard InChI is InChI=1S/C21H33NO4/c1-3-25-20-9-8-16(14-21(20)24-2)11-13-26-19-7-5-4-6-18(19)22-12-10-17(23)15-22/h8-9,14,17-19,23H,3-7,10-13,15H2,1-2H3/t17-,18-,19?/m1/s1. The van der Waals surface area contributed by atoms with Crippen LogP contribution in [0.1, 0.15) is 44.6 Å². The van der Waals surface area contributed by atoms with Crippen LogP contribution in [0.2, 0.25) is 0 Å². The molecule has 0 aromatic heterocycles. The summed E-state index contributed by atoms with van der Waals surface area (Å²) in [6, 6.07) is 6.58. The molecule has 1 heterocycles. The first-order chi connectivity index (χ1) is 12.7. The Bertz CT molecular complexity index is 565. The predicted octanol–water partition coefficient (Wildman–Crippen LogP) is 3.03. The van der Waals surface area contributed by atoms with Gasteiger partial charge in [0.15, 0.2) is 11.5 Å². The highest BCUT2D eigenvalue weighted by Crippen LogP contribution is 2.30. The Morgan fingerprint density at radius 1 is 1.15 bits per heavy atom. The molecule has 5 heteroatoms. The summed E-state index contributed by atoms with van der Waals surface area (Å²) < 4.78 is 17.3. The monoisotopic (exact) mass is 363 g/mol. The highest BCUT2D eigenvalue weighted by molar-refractivity contribution is 5.43. The van der Waals surface area contributed by atoms with Crippen LogP contribution in [0.5, 0.6) is 11.5 Å². The molecule has 2 aliphatic rings. The number of ether oxygens (including phenoxy) is 3. The molecule has 0 amide bonds. The number of likely N-dealkylation sites (tertiary alicyclic amines) is 1. The molecule has 26 heavy (non-hydrogen) atoms. The van der Waals surface area contributed by atoms with Crippen LogP contribution in [0.25, 0.3) is 0 Å². The number of aliphatic hydroxyl groups is 1. The van der Waals surface area contributed by atoms with Crippen molar-refractivity contribution in [2.24, 2.45) is 0 Å². The highest BCUT2D eigenvalue weighted by Gasteiger charge is 2.34. The molecule has 0 spiro atoms. The molecule has 0 bridgehead atoms. The van der Waals surface area contributed by atoms with Gasteiger partial charge in [-0.15, -0.1) is 0 Å². The lowest BCUT2D eigenvalue weighted by molar-refractivity contribution is -0.0316. The van der Waals surface area contributed by atoms with Crippen molar-refractivity contribution in [2.45, 2.75) is 63.7 Å². The maximum absolute atomic E-state index is 9.85. The summed E-state index contributed by atoms with van der Waals surface area (Å²) in [5.41, 5.74) is 1.20. The number of nitrogens with zero attached hydrogens (tertiary/aromatic N) is 1. The van der Waals surface area contributed by atoms with Crippen LogP contribution >= 0.6 is 0 Å². The molecule has 5 nitrogen and oxygen atoms in total. The van der Waals surface area contributed by atoms with Gasteiger partial charge in [-0.1, -0.05) is 18.9 Å². The minimum Gasteiger partial charge on any atom is -0.493 e. The minimum atomic E-state index is -0.158. The first kappa shape index (κ1) is 19.5. The first-order valence-electron chi connectivity index (χ1n) is 10.0. The smallest absolute Gasteiger partial charge is 0.161 e. The normalized spacial score (nSPS) is 26.8. The Labute approximate surface area is 157 Å². The summed E-state index contributed by atoms with van der Waals surface area (Å²) in [6.45, 7) is 5.13. The van der Waals surface area contributed by atoms with E-state index < -0.39 is 0 Å². The highest BCUT2D eigenvalue weighted by atomic mass is 16.5. The minimum absolute atomic E-state index is 0.158. The lowest BCUT2D eigenvalue weighted by Gasteiger charge is -2.37. The molecule has 1 N–H and O–H groups in total. The molecule has 2 fully saturated rings. The van der Waals surface area contributed by atoms with Crippen molar-refractivity contribution in [3.8, 4) is 11.5 Å². The Hall–Kier alpha value is -1.30. The Morgan fingerprint density at radius 2 is 2.00 bits per heavy atom. The third kappa shape index (κ3) is 4.90. The Balaban J connectivity index is 1.53. The van der Waals surface area contributed by atoms with E-state index in [1.54, 1.807) is 7.11 Å². The summed E-state index contributed by atoms with van der Waals surface area (Å²) in [6.07, 6.45) is 6.73. The maximum Gasteiger partial charge on any atom is 0.161 e. The van der Waals surface area contributed by atoms with E-state index in [0.717, 1.165) is 43.9 Å². The summed E-state index contributed by atoms with van der Waals surface area (Å²) in [7, 11) is 1.68. The van der Waals surface area contributed by atoms with E-state index in [2.05, 4.69) is 11.0 Å². The van der Waals surface area contributed by atoms with Gasteiger partial charge in [0.05, 0.1) is 32.5 Å². The fourth-order valence-corrected chi connectivity index (χ4v) is 4.23. The molecule has 1 saturated carbocycles. The van der Waals surface area contributed by atoms with Crippen LogP contribution < -0.4 is 9.47 Å². The van der Waals surface area contributed by atoms with Gasteiger partial charge in [0.2, 0.25) is 0 Å². The molecule has 3 atom stereocenters. The summed E-state index contributed by atoms with van der Waals surface area (Å²) in [5.74, 6) is 1.57. The van der Waals surface area contributed by atoms with Crippen LogP contribution in [0.3, 0.4) is 0 Å². The van der Waals surface area contributed by atoms with Crippen molar-refractivity contribution in [2.75, 3.05) is 33.4 Å². The third-order valence-corrected chi connectivity index (χ3v) is 5.58. The molecule has 1 aromatic rings. The van der Waals surface area contributed by atoms with Gasteiger partial charge in [-0.2, -0.15) is 0 Å². The van der Waals surface area contributed by atoms with Crippen molar-refractivity contribution < 1.29 is 19.3 Å². The second kappa shape index (κ2) is 9.58. The van der Waals surface area contributed by atoms with Crippen molar-refractivity contribution in [1.82, 2.24) is 4.90 Å². The summed E-state index contributed by atoms with van der Waals surface area (Å²) in [5, 5.41) is 9.85. The predicted molar refractivity (Wildman–Crippen MR) is 102 cm³/mol. The van der Waals surface area contributed by atoms with Crippen molar-refractivity contribution in [3.63, 3.8) is 0 Å². The lowest BCUT2D eigenvalue weighted by Crippen LogP contribution is -2.46. The number of methoxy groups -OCH3 is 1. The van der Waals surface area contributed by atoms with Gasteiger partial charge in [0, 0.05) is 19.1 Å². The zero-order valence-electron chi connectivity index (χ0n) is 16.2. The van der Waals surface area contributed by atoms with E-state index >= 15 is 0 Å². The average Bonchev–Trinajstić information content (AvgIpc) is 3.09. The average molecular weight is 363 g/mol. The molecule has 3 rings (SSSR count). The van der Waals surface area contributed by atoms with Crippen LogP contribution in [0, 0.1) is 0 Å². The second-order valence-electron chi connectivity index (χ2n) is 7.37. The van der Waals surface area contributed by atoms with E-state index in [0.29, 0.717) is 25.4 Å². The maximum atomic E-state index is 9.85. The van der Waals surface area contributed by atoms with Gasteiger partial charge in [-0.05, 0) is 50.3 Å². The van der Waals surface area contributed by atoms with Crippen molar-refractivity contribution >= 4 is 0 Å². The zero-order valence-corrected chi connectivity index (χ0v) is 16.2. The lowest BCUT2D eigenvalue weighted by atomic mass is 9.91. The zero-order chi connectivity index (χ0) is 18.4. The van der Waals surface area contributed by atoms with Crippen molar-refractivity contribution in [3.05, 3.63) is 23.8 Å². The van der Waals surface area contributed by atoms with Gasteiger partial charge >= 0.3 is 0 Å². The number of rotatable bonds is 8. The van der Waals surface area contributed by atoms with E-state index in [-0.39, 0.29) is 6.10 Å². The number of hydrogen-bond donors (Lipinski definition) is 1. The van der Waals surface area contributed by atoms with Crippen LogP contribution in [0.4, 0.5) is 0 Å².